The van der Waals surface area contributed by atoms with Gasteiger partial charge in [0, 0.05) is 18.1 Å². The van der Waals surface area contributed by atoms with Crippen LogP contribution in [0.3, 0.4) is 0 Å². The van der Waals surface area contributed by atoms with Crippen LogP contribution >= 0.6 is 11.3 Å². The maximum Gasteiger partial charge on any atom is 0.182 e. The molecule has 2 nitrogen and oxygen atoms in total. The molecule has 0 amide bonds. The van der Waals surface area contributed by atoms with Crippen LogP contribution in [-0.2, 0) is 6.42 Å². The van der Waals surface area contributed by atoms with E-state index < -0.39 is 0 Å². The SMILES string of the molecule is CNc1ncc(CCCC(C)C)s1. The monoisotopic (exact) mass is 198 g/mol. The number of hydrogen-bond donors (Lipinski definition) is 1. The second-order valence-corrected chi connectivity index (χ2v) is 4.78. The molecule has 1 rings (SSSR count). The van der Waals surface area contributed by atoms with E-state index in [0.29, 0.717) is 0 Å². The number of anilines is 1. The van der Waals surface area contributed by atoms with Crippen LogP contribution in [0.2, 0.25) is 0 Å². The van der Waals surface area contributed by atoms with Gasteiger partial charge in [0.1, 0.15) is 0 Å². The summed E-state index contributed by atoms with van der Waals surface area (Å²) in [5.41, 5.74) is 0. The van der Waals surface area contributed by atoms with E-state index in [0.717, 1.165) is 11.0 Å². The van der Waals surface area contributed by atoms with Gasteiger partial charge in [-0.15, -0.1) is 11.3 Å². The van der Waals surface area contributed by atoms with Crippen molar-refractivity contribution in [3.63, 3.8) is 0 Å². The fraction of sp³-hybridized carbons (Fsp3) is 0.700. The Hall–Kier alpha value is -0.570. The largest absolute Gasteiger partial charge is 0.365 e. The molecule has 1 aromatic heterocycles. The molecule has 1 aromatic rings. The van der Waals surface area contributed by atoms with E-state index in [-0.39, 0.29) is 0 Å². The second-order valence-electron chi connectivity index (χ2n) is 3.67. The number of nitrogens with one attached hydrogen (secondary N) is 1. The van der Waals surface area contributed by atoms with Gasteiger partial charge in [0.15, 0.2) is 5.13 Å². The summed E-state index contributed by atoms with van der Waals surface area (Å²) >= 11 is 1.76. The smallest absolute Gasteiger partial charge is 0.182 e. The van der Waals surface area contributed by atoms with Crippen LogP contribution in [0.15, 0.2) is 6.20 Å². The van der Waals surface area contributed by atoms with Gasteiger partial charge >= 0.3 is 0 Å². The summed E-state index contributed by atoms with van der Waals surface area (Å²) in [6.45, 7) is 4.54. The topological polar surface area (TPSA) is 24.9 Å². The van der Waals surface area contributed by atoms with E-state index >= 15 is 0 Å². The van der Waals surface area contributed by atoms with Gasteiger partial charge in [0.25, 0.3) is 0 Å². The molecule has 0 bridgehead atoms. The first-order chi connectivity index (χ1) is 6.22. The van der Waals surface area contributed by atoms with Gasteiger partial charge in [-0.05, 0) is 18.8 Å². The molecule has 0 aromatic carbocycles. The molecule has 0 atom stereocenters. The molecule has 1 heterocycles. The third kappa shape index (κ3) is 3.77. The zero-order valence-electron chi connectivity index (χ0n) is 8.63. The van der Waals surface area contributed by atoms with Gasteiger partial charge in [-0.1, -0.05) is 20.3 Å². The summed E-state index contributed by atoms with van der Waals surface area (Å²) in [5.74, 6) is 0.816. The first-order valence-corrected chi connectivity index (χ1v) is 5.66. The molecule has 0 aliphatic rings. The third-order valence-corrected chi connectivity index (χ3v) is 3.05. The van der Waals surface area contributed by atoms with Crippen molar-refractivity contribution in [3.05, 3.63) is 11.1 Å². The van der Waals surface area contributed by atoms with E-state index in [1.165, 1.54) is 24.1 Å². The highest BCUT2D eigenvalue weighted by atomic mass is 32.1. The first-order valence-electron chi connectivity index (χ1n) is 4.85. The molecule has 0 aliphatic carbocycles. The average molecular weight is 198 g/mol. The van der Waals surface area contributed by atoms with Crippen LogP contribution in [0.4, 0.5) is 5.13 Å². The molecule has 0 saturated heterocycles. The Balaban J connectivity index is 2.28. The summed E-state index contributed by atoms with van der Waals surface area (Å²) < 4.78 is 0. The molecular weight excluding hydrogens is 180 g/mol. The van der Waals surface area contributed by atoms with E-state index in [4.69, 9.17) is 0 Å². The highest BCUT2D eigenvalue weighted by Crippen LogP contribution is 2.19. The van der Waals surface area contributed by atoms with E-state index in [1.807, 2.05) is 13.2 Å². The lowest BCUT2D eigenvalue weighted by molar-refractivity contribution is 0.557. The van der Waals surface area contributed by atoms with Crippen LogP contribution in [0.5, 0.6) is 0 Å². The lowest BCUT2D eigenvalue weighted by Gasteiger charge is -2.01. The molecule has 74 valence electrons. The van der Waals surface area contributed by atoms with E-state index in [9.17, 15) is 0 Å². The van der Waals surface area contributed by atoms with Crippen LogP contribution in [-0.4, -0.2) is 12.0 Å². The Bertz CT molecular complexity index is 243. The predicted octanol–water partition coefficient (Wildman–Crippen LogP) is 3.16. The fourth-order valence-corrected chi connectivity index (χ4v) is 2.03. The van der Waals surface area contributed by atoms with Crippen molar-refractivity contribution >= 4 is 16.5 Å². The number of thiazole rings is 1. The van der Waals surface area contributed by atoms with Gasteiger partial charge in [0.05, 0.1) is 0 Å². The molecule has 0 fully saturated rings. The number of nitrogens with zero attached hydrogens (tertiary/aromatic N) is 1. The molecule has 0 radical (unpaired) electrons. The zero-order chi connectivity index (χ0) is 9.68. The number of aromatic nitrogens is 1. The van der Waals surface area contributed by atoms with Crippen molar-refractivity contribution in [2.24, 2.45) is 5.92 Å². The number of hydrogen-bond acceptors (Lipinski definition) is 3. The van der Waals surface area contributed by atoms with Crippen LogP contribution in [0.25, 0.3) is 0 Å². The summed E-state index contributed by atoms with van der Waals surface area (Å²) in [6, 6.07) is 0. The Labute approximate surface area is 84.4 Å². The summed E-state index contributed by atoms with van der Waals surface area (Å²) in [6.07, 6.45) is 5.75. The summed E-state index contributed by atoms with van der Waals surface area (Å²) in [7, 11) is 1.91. The van der Waals surface area contributed by atoms with Crippen molar-refractivity contribution in [3.8, 4) is 0 Å². The lowest BCUT2D eigenvalue weighted by Crippen LogP contribution is -1.88. The van der Waals surface area contributed by atoms with Gasteiger partial charge in [-0.2, -0.15) is 0 Å². The molecule has 1 N–H and O–H groups in total. The quantitative estimate of drug-likeness (QED) is 0.786. The van der Waals surface area contributed by atoms with Crippen LogP contribution in [0, 0.1) is 5.92 Å². The normalized spacial score (nSPS) is 10.8. The maximum atomic E-state index is 4.24. The third-order valence-electron chi connectivity index (χ3n) is 1.97. The highest BCUT2D eigenvalue weighted by Gasteiger charge is 2.00. The van der Waals surface area contributed by atoms with Gasteiger partial charge in [0.2, 0.25) is 0 Å². The zero-order valence-corrected chi connectivity index (χ0v) is 9.45. The van der Waals surface area contributed by atoms with E-state index in [1.54, 1.807) is 11.3 Å². The van der Waals surface area contributed by atoms with Crippen LogP contribution in [0.1, 0.15) is 31.6 Å². The van der Waals surface area contributed by atoms with Crippen LogP contribution < -0.4 is 5.32 Å². The maximum absolute atomic E-state index is 4.24. The Kier molecular flexibility index (Phi) is 4.22. The predicted molar refractivity (Wildman–Crippen MR) is 59.4 cm³/mol. The standard InChI is InChI=1S/C10H18N2S/c1-8(2)5-4-6-9-7-12-10(11-3)13-9/h7-8H,4-6H2,1-3H3,(H,11,12). The second kappa shape index (κ2) is 5.22. The molecule has 0 unspecified atom stereocenters. The highest BCUT2D eigenvalue weighted by molar-refractivity contribution is 7.15. The molecule has 0 saturated carbocycles. The minimum atomic E-state index is 0.816. The van der Waals surface area contributed by atoms with Crippen molar-refractivity contribution in [2.45, 2.75) is 33.1 Å². The molecular formula is C10H18N2S. The molecule has 3 heteroatoms. The van der Waals surface area contributed by atoms with Crippen molar-refractivity contribution < 1.29 is 0 Å². The van der Waals surface area contributed by atoms with E-state index in [2.05, 4.69) is 24.1 Å². The minimum Gasteiger partial charge on any atom is -0.365 e. The van der Waals surface area contributed by atoms with Crippen molar-refractivity contribution in [2.75, 3.05) is 12.4 Å². The lowest BCUT2D eigenvalue weighted by atomic mass is 10.1. The minimum absolute atomic E-state index is 0.816. The fourth-order valence-electron chi connectivity index (χ4n) is 1.22. The summed E-state index contributed by atoms with van der Waals surface area (Å²) in [4.78, 5) is 5.63. The van der Waals surface area contributed by atoms with Crippen molar-refractivity contribution in [1.82, 2.24) is 4.98 Å². The Morgan fingerprint density at radius 2 is 2.31 bits per heavy atom. The number of aryl methyl sites for hydroxylation is 1. The molecule has 0 aliphatic heterocycles. The number of rotatable bonds is 5. The first kappa shape index (κ1) is 10.5. The Morgan fingerprint density at radius 1 is 1.54 bits per heavy atom. The molecule has 13 heavy (non-hydrogen) atoms. The van der Waals surface area contributed by atoms with Gasteiger partial charge in [-0.25, -0.2) is 4.98 Å². The molecule has 0 spiro atoms. The Morgan fingerprint density at radius 3 is 2.85 bits per heavy atom. The summed E-state index contributed by atoms with van der Waals surface area (Å²) in [5, 5.41) is 4.08. The van der Waals surface area contributed by atoms with Gasteiger partial charge in [-0.3, -0.25) is 0 Å². The average Bonchev–Trinajstić information content (AvgIpc) is 2.52. The van der Waals surface area contributed by atoms with Gasteiger partial charge < -0.3 is 5.32 Å². The van der Waals surface area contributed by atoms with Crippen molar-refractivity contribution in [1.29, 1.82) is 0 Å².